The Kier molecular flexibility index (Phi) is 4.39. The number of anilines is 1. The van der Waals surface area contributed by atoms with Gasteiger partial charge in [-0.15, -0.1) is 0 Å². The van der Waals surface area contributed by atoms with Crippen molar-refractivity contribution in [3.05, 3.63) is 65.8 Å². The second kappa shape index (κ2) is 7.00. The molecule has 3 aromatic heterocycles. The van der Waals surface area contributed by atoms with Gasteiger partial charge in [-0.3, -0.25) is 4.79 Å². The van der Waals surface area contributed by atoms with Crippen LogP contribution in [0.25, 0.3) is 16.9 Å². The molecule has 0 aliphatic heterocycles. The van der Waals surface area contributed by atoms with Crippen LogP contribution in [0.4, 0.5) is 5.69 Å². The molecule has 1 N–H and O–H groups in total. The van der Waals surface area contributed by atoms with Gasteiger partial charge in [0.05, 0.1) is 23.9 Å². The normalized spacial score (nSPS) is 11.0. The van der Waals surface area contributed by atoms with Crippen LogP contribution in [-0.4, -0.2) is 32.8 Å². The molecule has 0 fully saturated rings. The second-order valence-corrected chi connectivity index (χ2v) is 6.10. The maximum absolute atomic E-state index is 12.8. The van der Waals surface area contributed by atoms with Gasteiger partial charge in [-0.1, -0.05) is 23.4 Å². The molecular weight excluding hydrogens is 346 g/mol. The van der Waals surface area contributed by atoms with Crippen LogP contribution in [0.2, 0.25) is 0 Å². The number of aryl methyl sites for hydroxylation is 1. The Morgan fingerprint density at radius 2 is 2.19 bits per heavy atom. The Hall–Kier alpha value is -3.52. The number of amides is 1. The number of carbonyl (C=O) groups is 1. The molecule has 0 spiro atoms. The molecule has 0 saturated carbocycles. The lowest BCUT2D eigenvalue weighted by atomic mass is 10.1. The van der Waals surface area contributed by atoms with Crippen molar-refractivity contribution < 1.29 is 14.1 Å². The van der Waals surface area contributed by atoms with E-state index >= 15 is 0 Å². The first-order valence-electron chi connectivity index (χ1n) is 8.29. The summed E-state index contributed by atoms with van der Waals surface area (Å²) in [6.45, 7) is 2.40. The van der Waals surface area contributed by atoms with Crippen LogP contribution in [0.5, 0.6) is 0 Å². The predicted molar refractivity (Wildman–Crippen MR) is 98.3 cm³/mol. The molecule has 136 valence electrons. The van der Waals surface area contributed by atoms with Gasteiger partial charge in [-0.2, -0.15) is 10.1 Å². The van der Waals surface area contributed by atoms with E-state index in [1.54, 1.807) is 17.8 Å². The van der Waals surface area contributed by atoms with E-state index in [-0.39, 0.29) is 5.91 Å². The molecule has 27 heavy (non-hydrogen) atoms. The standard InChI is InChI=1S/C19H17N5O3/c1-12-3-5-14(18-20-11-27-23-18)7-16(12)22-19(25)15-8-21-24-9-13(10-26-2)4-6-17(15)24/h3-9,11H,10H2,1-2H3,(H,22,25). The van der Waals surface area contributed by atoms with Crippen LogP contribution < -0.4 is 5.32 Å². The number of fused-ring (bicyclic) bond motifs is 1. The fourth-order valence-corrected chi connectivity index (χ4v) is 2.84. The highest BCUT2D eigenvalue weighted by atomic mass is 16.5. The molecule has 4 rings (SSSR count). The first-order chi connectivity index (χ1) is 13.2. The van der Waals surface area contributed by atoms with Gasteiger partial charge in [0.1, 0.15) is 0 Å². The van der Waals surface area contributed by atoms with Crippen molar-refractivity contribution in [1.82, 2.24) is 19.8 Å². The molecule has 8 nitrogen and oxygen atoms in total. The average molecular weight is 363 g/mol. The molecule has 0 atom stereocenters. The van der Waals surface area contributed by atoms with Gasteiger partial charge < -0.3 is 14.6 Å². The van der Waals surface area contributed by atoms with Crippen LogP contribution in [0.15, 0.2) is 53.6 Å². The Morgan fingerprint density at radius 1 is 1.30 bits per heavy atom. The minimum atomic E-state index is -0.238. The van der Waals surface area contributed by atoms with Crippen molar-refractivity contribution in [1.29, 1.82) is 0 Å². The van der Waals surface area contributed by atoms with Gasteiger partial charge in [-0.25, -0.2) is 4.52 Å². The van der Waals surface area contributed by atoms with Gasteiger partial charge >= 0.3 is 0 Å². The number of nitrogens with one attached hydrogen (secondary N) is 1. The SMILES string of the molecule is COCc1ccc2c(C(=O)Nc3cc(-c4ncon4)ccc3C)cnn2c1. The van der Waals surface area contributed by atoms with Crippen LogP contribution in [0.1, 0.15) is 21.5 Å². The van der Waals surface area contributed by atoms with Crippen LogP contribution in [-0.2, 0) is 11.3 Å². The summed E-state index contributed by atoms with van der Waals surface area (Å²) in [5.74, 6) is 0.227. The number of rotatable bonds is 5. The van der Waals surface area contributed by atoms with Crippen molar-refractivity contribution >= 4 is 17.1 Å². The highest BCUT2D eigenvalue weighted by Gasteiger charge is 2.15. The molecule has 3 heterocycles. The summed E-state index contributed by atoms with van der Waals surface area (Å²) in [6.07, 6.45) is 4.67. The van der Waals surface area contributed by atoms with E-state index in [0.29, 0.717) is 23.7 Å². The van der Waals surface area contributed by atoms with E-state index in [9.17, 15) is 4.79 Å². The topological polar surface area (TPSA) is 94.5 Å². The third kappa shape index (κ3) is 3.30. The van der Waals surface area contributed by atoms with Gasteiger partial charge in [-0.05, 0) is 30.2 Å². The maximum Gasteiger partial charge on any atom is 0.259 e. The van der Waals surface area contributed by atoms with E-state index in [4.69, 9.17) is 9.26 Å². The van der Waals surface area contributed by atoms with E-state index in [1.807, 2.05) is 43.5 Å². The molecule has 0 bridgehead atoms. The molecule has 8 heteroatoms. The number of carbonyl (C=O) groups excluding carboxylic acids is 1. The first-order valence-corrected chi connectivity index (χ1v) is 8.29. The number of hydrogen-bond acceptors (Lipinski definition) is 6. The van der Waals surface area contributed by atoms with E-state index in [1.165, 1.54) is 6.39 Å². The molecule has 0 aliphatic carbocycles. The van der Waals surface area contributed by atoms with E-state index in [2.05, 4.69) is 20.6 Å². The molecule has 0 unspecified atom stereocenters. The van der Waals surface area contributed by atoms with Crippen molar-refractivity contribution in [2.45, 2.75) is 13.5 Å². The molecular formula is C19H17N5O3. The minimum Gasteiger partial charge on any atom is -0.380 e. The lowest BCUT2D eigenvalue weighted by Gasteiger charge is -2.09. The lowest BCUT2D eigenvalue weighted by molar-refractivity contribution is 0.102. The number of ether oxygens (including phenoxy) is 1. The fourth-order valence-electron chi connectivity index (χ4n) is 2.84. The molecule has 4 aromatic rings. The minimum absolute atomic E-state index is 0.238. The second-order valence-electron chi connectivity index (χ2n) is 6.10. The zero-order valence-electron chi connectivity index (χ0n) is 14.8. The van der Waals surface area contributed by atoms with Gasteiger partial charge in [0.2, 0.25) is 12.2 Å². The van der Waals surface area contributed by atoms with Crippen molar-refractivity contribution in [3.63, 3.8) is 0 Å². The Balaban J connectivity index is 1.63. The summed E-state index contributed by atoms with van der Waals surface area (Å²) in [4.78, 5) is 16.8. The monoisotopic (exact) mass is 363 g/mol. The molecule has 1 aromatic carbocycles. The highest BCUT2D eigenvalue weighted by Crippen LogP contribution is 2.24. The quantitative estimate of drug-likeness (QED) is 0.585. The zero-order chi connectivity index (χ0) is 18.8. The summed E-state index contributed by atoms with van der Waals surface area (Å²) in [7, 11) is 1.64. The molecule has 1 amide bonds. The zero-order valence-corrected chi connectivity index (χ0v) is 14.8. The number of benzene rings is 1. The molecule has 0 saturated heterocycles. The van der Waals surface area contributed by atoms with Crippen LogP contribution in [0, 0.1) is 6.92 Å². The summed E-state index contributed by atoms with van der Waals surface area (Å²) < 4.78 is 11.6. The Bertz CT molecular complexity index is 1100. The number of nitrogens with zero attached hydrogens (tertiary/aromatic N) is 4. The van der Waals surface area contributed by atoms with Gasteiger partial charge in [0.15, 0.2) is 0 Å². The fraction of sp³-hybridized carbons (Fsp3) is 0.158. The number of hydrogen-bond donors (Lipinski definition) is 1. The summed E-state index contributed by atoms with van der Waals surface area (Å²) in [5, 5.41) is 11.0. The number of aromatic nitrogens is 4. The molecule has 0 radical (unpaired) electrons. The summed E-state index contributed by atoms with van der Waals surface area (Å²) in [6, 6.07) is 9.37. The van der Waals surface area contributed by atoms with Crippen molar-refractivity contribution in [2.75, 3.05) is 12.4 Å². The Labute approximate surface area is 154 Å². The van der Waals surface area contributed by atoms with Crippen molar-refractivity contribution in [3.8, 4) is 11.4 Å². The largest absolute Gasteiger partial charge is 0.380 e. The third-order valence-electron chi connectivity index (χ3n) is 4.24. The highest BCUT2D eigenvalue weighted by molar-refractivity contribution is 6.09. The van der Waals surface area contributed by atoms with Crippen molar-refractivity contribution in [2.24, 2.45) is 0 Å². The molecule has 0 aliphatic rings. The summed E-state index contributed by atoms with van der Waals surface area (Å²) in [5.41, 5.74) is 4.55. The smallest absolute Gasteiger partial charge is 0.259 e. The van der Waals surface area contributed by atoms with Crippen LogP contribution >= 0.6 is 0 Å². The summed E-state index contributed by atoms with van der Waals surface area (Å²) >= 11 is 0. The average Bonchev–Trinajstić information content (AvgIpc) is 3.33. The first kappa shape index (κ1) is 16.9. The maximum atomic E-state index is 12.8. The van der Waals surface area contributed by atoms with Gasteiger partial charge in [0, 0.05) is 24.6 Å². The number of methoxy groups -OCH3 is 1. The van der Waals surface area contributed by atoms with E-state index in [0.717, 1.165) is 22.2 Å². The Morgan fingerprint density at radius 3 is 2.96 bits per heavy atom. The predicted octanol–water partition coefficient (Wildman–Crippen LogP) is 3.09. The van der Waals surface area contributed by atoms with E-state index < -0.39 is 0 Å². The lowest BCUT2D eigenvalue weighted by Crippen LogP contribution is -2.12. The van der Waals surface area contributed by atoms with Gasteiger partial charge in [0.25, 0.3) is 5.91 Å². The number of pyridine rings is 1. The van der Waals surface area contributed by atoms with Crippen LogP contribution in [0.3, 0.4) is 0 Å². The third-order valence-corrected chi connectivity index (χ3v) is 4.24.